The number of halogens is 1. The zero-order valence-electron chi connectivity index (χ0n) is 18.8. The number of hydrogen-bond acceptors (Lipinski definition) is 6. The van der Waals surface area contributed by atoms with E-state index in [9.17, 15) is 19.2 Å². The van der Waals surface area contributed by atoms with E-state index < -0.39 is 17.8 Å². The Morgan fingerprint density at radius 2 is 1.60 bits per heavy atom. The van der Waals surface area contributed by atoms with Crippen molar-refractivity contribution in [3.8, 4) is 0 Å². The number of nitrogens with zero attached hydrogens (tertiary/aromatic N) is 1. The fourth-order valence-electron chi connectivity index (χ4n) is 3.53. The third-order valence-electron chi connectivity index (χ3n) is 5.34. The molecule has 1 aliphatic rings. The molecule has 9 heteroatoms. The molecule has 8 nitrogen and oxygen atoms in total. The van der Waals surface area contributed by atoms with E-state index >= 15 is 0 Å². The summed E-state index contributed by atoms with van der Waals surface area (Å²) in [6, 6.07) is 19.7. The number of ether oxygens (including phenoxy) is 1. The first-order chi connectivity index (χ1) is 16.8. The van der Waals surface area contributed by atoms with Crippen molar-refractivity contribution in [1.82, 2.24) is 0 Å². The predicted octanol–water partition coefficient (Wildman–Crippen LogP) is 4.47. The number of esters is 1. The minimum absolute atomic E-state index is 0.142. The van der Waals surface area contributed by atoms with Crippen molar-refractivity contribution in [2.24, 2.45) is 0 Å². The lowest BCUT2D eigenvalue weighted by molar-refractivity contribution is -0.120. The van der Waals surface area contributed by atoms with E-state index in [4.69, 9.17) is 16.3 Å². The van der Waals surface area contributed by atoms with Gasteiger partial charge in [0.15, 0.2) is 0 Å². The van der Waals surface area contributed by atoms with Crippen molar-refractivity contribution in [3.63, 3.8) is 0 Å². The predicted molar refractivity (Wildman–Crippen MR) is 132 cm³/mol. The van der Waals surface area contributed by atoms with E-state index in [1.807, 2.05) is 25.1 Å². The van der Waals surface area contributed by atoms with Gasteiger partial charge in [-0.25, -0.2) is 9.69 Å². The van der Waals surface area contributed by atoms with Crippen molar-refractivity contribution in [2.75, 3.05) is 22.6 Å². The lowest BCUT2D eigenvalue weighted by Gasteiger charge is -2.16. The summed E-state index contributed by atoms with van der Waals surface area (Å²) in [4.78, 5) is 51.3. The number of rotatable bonds is 6. The number of nitrogens with one attached hydrogen (secondary N) is 2. The molecule has 0 aliphatic carbocycles. The Hall–Kier alpha value is -4.43. The van der Waals surface area contributed by atoms with Gasteiger partial charge in [0.05, 0.1) is 18.4 Å². The molecule has 3 aromatic rings. The molecule has 35 heavy (non-hydrogen) atoms. The molecular formula is C26H20ClN3O5. The van der Waals surface area contributed by atoms with E-state index in [0.717, 1.165) is 10.5 Å². The standard InChI is InChI=1S/C26H20ClN3O5/c1-15-7-3-4-12-20(15)29-23(31)16-8-5-10-18(13-16)28-22-21(27)24(32)30(25(22)33)19-11-6-9-17(14-19)26(34)35-2/h3-14,28H,1-2H3,(H,29,31). The Labute approximate surface area is 206 Å². The number of imide groups is 1. The highest BCUT2D eigenvalue weighted by Gasteiger charge is 2.39. The lowest BCUT2D eigenvalue weighted by atomic mass is 10.1. The Morgan fingerprint density at radius 1 is 0.886 bits per heavy atom. The SMILES string of the molecule is COC(=O)c1cccc(N2C(=O)C(Cl)=C(Nc3cccc(C(=O)Nc4ccccc4C)c3)C2=O)c1. The number of carbonyl (C=O) groups excluding carboxylic acids is 4. The average Bonchev–Trinajstić information content (AvgIpc) is 3.08. The van der Waals surface area contributed by atoms with Crippen LogP contribution >= 0.6 is 11.6 Å². The number of aryl methyl sites for hydroxylation is 1. The Kier molecular flexibility index (Phi) is 6.66. The highest BCUT2D eigenvalue weighted by atomic mass is 35.5. The van der Waals surface area contributed by atoms with Gasteiger partial charge in [-0.3, -0.25) is 14.4 Å². The lowest BCUT2D eigenvalue weighted by Crippen LogP contribution is -2.32. The quantitative estimate of drug-likeness (QED) is 0.391. The molecule has 1 aliphatic heterocycles. The number of hydrogen-bond donors (Lipinski definition) is 2. The van der Waals surface area contributed by atoms with Gasteiger partial charge in [-0.15, -0.1) is 0 Å². The van der Waals surface area contributed by atoms with Gasteiger partial charge in [-0.05, 0) is 55.0 Å². The van der Waals surface area contributed by atoms with Crippen LogP contribution in [0.15, 0.2) is 83.5 Å². The minimum atomic E-state index is -0.741. The maximum absolute atomic E-state index is 13.1. The molecule has 0 bridgehead atoms. The van der Waals surface area contributed by atoms with Crippen molar-refractivity contribution in [3.05, 3.63) is 100 Å². The van der Waals surface area contributed by atoms with Crippen molar-refractivity contribution in [2.45, 2.75) is 6.92 Å². The highest BCUT2D eigenvalue weighted by Crippen LogP contribution is 2.31. The first-order valence-electron chi connectivity index (χ1n) is 10.5. The molecule has 0 fully saturated rings. The molecule has 3 amide bonds. The number of anilines is 3. The molecule has 2 N–H and O–H groups in total. The summed E-state index contributed by atoms with van der Waals surface area (Å²) in [6.07, 6.45) is 0. The van der Waals surface area contributed by atoms with Crippen molar-refractivity contribution >= 4 is 52.4 Å². The van der Waals surface area contributed by atoms with Crippen LogP contribution in [0, 0.1) is 6.92 Å². The van der Waals surface area contributed by atoms with Gasteiger partial charge in [0.1, 0.15) is 10.7 Å². The molecule has 1 heterocycles. The van der Waals surface area contributed by atoms with E-state index in [0.29, 0.717) is 16.9 Å². The summed E-state index contributed by atoms with van der Waals surface area (Å²) < 4.78 is 4.69. The molecule has 0 saturated heterocycles. The van der Waals surface area contributed by atoms with Crippen molar-refractivity contribution < 1.29 is 23.9 Å². The second kappa shape index (κ2) is 9.82. The number of para-hydroxylation sites is 1. The summed E-state index contributed by atoms with van der Waals surface area (Å²) in [5, 5.41) is 5.39. The second-order valence-corrected chi connectivity index (χ2v) is 8.03. The molecule has 4 rings (SSSR count). The summed E-state index contributed by atoms with van der Waals surface area (Å²) in [6.45, 7) is 1.89. The van der Waals surface area contributed by atoms with Crippen LogP contribution in [0.4, 0.5) is 17.1 Å². The number of methoxy groups -OCH3 is 1. The fourth-order valence-corrected chi connectivity index (χ4v) is 3.74. The van der Waals surface area contributed by atoms with E-state index in [-0.39, 0.29) is 27.9 Å². The van der Waals surface area contributed by atoms with Gasteiger partial charge in [0.2, 0.25) is 0 Å². The minimum Gasteiger partial charge on any atom is -0.465 e. The third-order valence-corrected chi connectivity index (χ3v) is 5.69. The molecule has 0 unspecified atom stereocenters. The second-order valence-electron chi connectivity index (χ2n) is 7.65. The summed E-state index contributed by atoms with van der Waals surface area (Å²) in [5.74, 6) is -2.38. The molecule has 0 spiro atoms. The maximum atomic E-state index is 13.1. The maximum Gasteiger partial charge on any atom is 0.337 e. The molecule has 0 saturated carbocycles. The molecule has 0 atom stereocenters. The molecule has 0 radical (unpaired) electrons. The zero-order chi connectivity index (χ0) is 25.1. The van der Waals surface area contributed by atoms with Crippen LogP contribution in [0.2, 0.25) is 0 Å². The summed E-state index contributed by atoms with van der Waals surface area (Å²) in [5.41, 5.74) is 2.54. The number of amides is 3. The Morgan fingerprint density at radius 3 is 2.34 bits per heavy atom. The van der Waals surface area contributed by atoms with Crippen LogP contribution in [-0.4, -0.2) is 30.8 Å². The zero-order valence-corrected chi connectivity index (χ0v) is 19.6. The van der Waals surface area contributed by atoms with Gasteiger partial charge in [0.25, 0.3) is 17.7 Å². The third kappa shape index (κ3) is 4.78. The number of benzene rings is 3. The van der Waals surface area contributed by atoms with Crippen LogP contribution in [-0.2, 0) is 14.3 Å². The van der Waals surface area contributed by atoms with E-state index in [1.54, 1.807) is 30.3 Å². The van der Waals surface area contributed by atoms with Crippen LogP contribution in [0.3, 0.4) is 0 Å². The normalized spacial score (nSPS) is 13.2. The largest absolute Gasteiger partial charge is 0.465 e. The topological polar surface area (TPSA) is 105 Å². The Balaban J connectivity index is 1.55. The van der Waals surface area contributed by atoms with Crippen LogP contribution in [0.25, 0.3) is 0 Å². The average molecular weight is 490 g/mol. The smallest absolute Gasteiger partial charge is 0.337 e. The summed E-state index contributed by atoms with van der Waals surface area (Å²) >= 11 is 6.21. The highest BCUT2D eigenvalue weighted by molar-refractivity contribution is 6.53. The van der Waals surface area contributed by atoms with Gasteiger partial charge in [0, 0.05) is 16.9 Å². The number of carbonyl (C=O) groups is 4. The monoisotopic (exact) mass is 489 g/mol. The molecule has 176 valence electrons. The molecule has 0 aromatic heterocycles. The van der Waals surface area contributed by atoms with Gasteiger partial charge in [-0.2, -0.15) is 0 Å². The van der Waals surface area contributed by atoms with Gasteiger partial charge < -0.3 is 15.4 Å². The summed E-state index contributed by atoms with van der Waals surface area (Å²) in [7, 11) is 1.23. The van der Waals surface area contributed by atoms with E-state index in [2.05, 4.69) is 10.6 Å². The van der Waals surface area contributed by atoms with E-state index in [1.165, 1.54) is 31.4 Å². The van der Waals surface area contributed by atoms with Crippen LogP contribution < -0.4 is 15.5 Å². The fraction of sp³-hybridized carbons (Fsp3) is 0.0769. The first-order valence-corrected chi connectivity index (χ1v) is 10.9. The molecule has 3 aromatic carbocycles. The molecular weight excluding hydrogens is 470 g/mol. The van der Waals surface area contributed by atoms with Gasteiger partial charge in [-0.1, -0.05) is 41.9 Å². The van der Waals surface area contributed by atoms with Gasteiger partial charge >= 0.3 is 5.97 Å². The van der Waals surface area contributed by atoms with Crippen LogP contribution in [0.5, 0.6) is 0 Å². The first kappa shape index (κ1) is 23.7. The Bertz CT molecular complexity index is 1400. The van der Waals surface area contributed by atoms with Crippen molar-refractivity contribution in [1.29, 1.82) is 0 Å². The van der Waals surface area contributed by atoms with Crippen LogP contribution in [0.1, 0.15) is 26.3 Å².